The molecule has 1 aliphatic heterocycles. The third-order valence-corrected chi connectivity index (χ3v) is 9.66. The van der Waals surface area contributed by atoms with Gasteiger partial charge >= 0.3 is 0 Å². The van der Waals surface area contributed by atoms with Crippen molar-refractivity contribution in [2.75, 3.05) is 11.5 Å². The lowest BCUT2D eigenvalue weighted by Crippen LogP contribution is -2.55. The van der Waals surface area contributed by atoms with E-state index in [2.05, 4.69) is 6.92 Å². The van der Waals surface area contributed by atoms with Gasteiger partial charge < -0.3 is 4.74 Å². The summed E-state index contributed by atoms with van der Waals surface area (Å²) >= 11 is 0. The predicted molar refractivity (Wildman–Crippen MR) is 115 cm³/mol. The van der Waals surface area contributed by atoms with Gasteiger partial charge in [0.15, 0.2) is 14.6 Å². The Hall–Kier alpha value is -2.43. The summed E-state index contributed by atoms with van der Waals surface area (Å²) in [6.07, 6.45) is 1.16. The van der Waals surface area contributed by atoms with Gasteiger partial charge in [0.2, 0.25) is 0 Å². The Balaban J connectivity index is 1.84. The molecule has 1 aliphatic rings. The van der Waals surface area contributed by atoms with E-state index in [9.17, 15) is 21.6 Å². The fourth-order valence-corrected chi connectivity index (χ4v) is 7.41. The van der Waals surface area contributed by atoms with E-state index < -0.39 is 54.7 Å². The van der Waals surface area contributed by atoms with Crippen LogP contribution in [0.3, 0.4) is 0 Å². The molecule has 2 aromatic rings. The second kappa shape index (κ2) is 8.97. The molecule has 2 aromatic carbocycles. The first-order valence-corrected chi connectivity index (χ1v) is 13.2. The number of nitrogens with one attached hydrogen (secondary N) is 1. The predicted octanol–water partition coefficient (Wildman–Crippen LogP) is 2.66. The summed E-state index contributed by atoms with van der Waals surface area (Å²) in [7, 11) is -7.71. The summed E-state index contributed by atoms with van der Waals surface area (Å²) < 4.78 is 53.8. The minimum atomic E-state index is -4.28. The first-order chi connectivity index (χ1) is 14.6. The SMILES string of the molecule is CCCc1ccc(Oc2ccc(S(=O)(=O)C3(C(=O)NO)CCS(=O)(=O)CC3)cc2)cc1. The topological polar surface area (TPSA) is 127 Å². The molecule has 1 fully saturated rings. The van der Waals surface area contributed by atoms with E-state index in [0.717, 1.165) is 12.8 Å². The highest BCUT2D eigenvalue weighted by Gasteiger charge is 2.54. The molecule has 0 unspecified atom stereocenters. The number of ether oxygens (including phenoxy) is 1. The van der Waals surface area contributed by atoms with Gasteiger partial charge in [-0.1, -0.05) is 25.5 Å². The molecular weight excluding hydrogens is 442 g/mol. The molecule has 2 N–H and O–H groups in total. The summed E-state index contributed by atoms with van der Waals surface area (Å²) in [4.78, 5) is 12.2. The standard InChI is InChI=1S/C21H25NO7S2/c1-2-3-16-4-6-17(7-5-16)29-18-8-10-19(11-9-18)31(27,28)21(20(23)22-24)12-14-30(25,26)15-13-21/h4-11,24H,2-3,12-15H2,1H3,(H,22,23). The first-order valence-electron chi connectivity index (χ1n) is 9.90. The Morgan fingerprint density at radius 3 is 2.03 bits per heavy atom. The number of amides is 1. The van der Waals surface area contributed by atoms with Crippen LogP contribution in [0, 0.1) is 0 Å². The molecule has 10 heteroatoms. The van der Waals surface area contributed by atoms with Crippen LogP contribution in [0.4, 0.5) is 0 Å². The zero-order chi connectivity index (χ0) is 22.7. The molecule has 31 heavy (non-hydrogen) atoms. The van der Waals surface area contributed by atoms with Crippen LogP contribution in [0.25, 0.3) is 0 Å². The fraction of sp³-hybridized carbons (Fsp3) is 0.381. The van der Waals surface area contributed by atoms with Gasteiger partial charge in [-0.05, 0) is 61.2 Å². The number of hydrogen-bond acceptors (Lipinski definition) is 7. The van der Waals surface area contributed by atoms with Gasteiger partial charge in [0.05, 0.1) is 16.4 Å². The molecule has 8 nitrogen and oxygen atoms in total. The molecule has 0 aliphatic carbocycles. The first kappa shape index (κ1) is 23.2. The normalized spacial score (nSPS) is 17.6. The van der Waals surface area contributed by atoms with Gasteiger partial charge in [0.25, 0.3) is 5.91 Å². The van der Waals surface area contributed by atoms with Crippen molar-refractivity contribution in [2.45, 2.75) is 42.2 Å². The van der Waals surface area contributed by atoms with Gasteiger partial charge in [-0.2, -0.15) is 0 Å². The van der Waals surface area contributed by atoms with Crippen molar-refractivity contribution in [2.24, 2.45) is 0 Å². The number of hydrogen-bond donors (Lipinski definition) is 2. The van der Waals surface area contributed by atoms with Gasteiger partial charge in [-0.3, -0.25) is 10.0 Å². The van der Waals surface area contributed by atoms with Crippen LogP contribution in [-0.2, 0) is 30.9 Å². The van der Waals surface area contributed by atoms with E-state index in [1.807, 2.05) is 24.3 Å². The van der Waals surface area contributed by atoms with Crippen molar-refractivity contribution in [3.63, 3.8) is 0 Å². The van der Waals surface area contributed by atoms with E-state index in [-0.39, 0.29) is 4.90 Å². The number of carbonyl (C=O) groups excluding carboxylic acids is 1. The van der Waals surface area contributed by atoms with Gasteiger partial charge in [0.1, 0.15) is 21.3 Å². The Morgan fingerprint density at radius 2 is 1.55 bits per heavy atom. The molecule has 0 atom stereocenters. The van der Waals surface area contributed by atoms with Crippen LogP contribution >= 0.6 is 0 Å². The molecule has 0 aromatic heterocycles. The van der Waals surface area contributed by atoms with Gasteiger partial charge in [0, 0.05) is 0 Å². The quantitative estimate of drug-likeness (QED) is 0.473. The van der Waals surface area contributed by atoms with Crippen molar-refractivity contribution < 1.29 is 31.6 Å². The van der Waals surface area contributed by atoms with Crippen LogP contribution in [0.2, 0.25) is 0 Å². The minimum Gasteiger partial charge on any atom is -0.457 e. The smallest absolute Gasteiger partial charge is 0.265 e. The second-order valence-electron chi connectivity index (χ2n) is 7.56. The van der Waals surface area contributed by atoms with E-state index in [0.29, 0.717) is 11.5 Å². The second-order valence-corrected chi connectivity index (χ2v) is 12.1. The molecule has 0 bridgehead atoms. The summed E-state index contributed by atoms with van der Waals surface area (Å²) in [5.41, 5.74) is 2.59. The lowest BCUT2D eigenvalue weighted by molar-refractivity contribution is -0.132. The largest absolute Gasteiger partial charge is 0.457 e. The average Bonchev–Trinajstić information content (AvgIpc) is 2.75. The number of aryl methyl sites for hydroxylation is 1. The third kappa shape index (κ3) is 4.76. The number of hydroxylamine groups is 1. The van der Waals surface area contributed by atoms with Crippen LogP contribution in [0.15, 0.2) is 53.4 Å². The van der Waals surface area contributed by atoms with Crippen LogP contribution < -0.4 is 10.2 Å². The molecule has 0 radical (unpaired) electrons. The van der Waals surface area contributed by atoms with E-state index in [1.54, 1.807) is 0 Å². The Morgan fingerprint density at radius 1 is 1.03 bits per heavy atom. The summed E-state index contributed by atoms with van der Waals surface area (Å²) in [6.45, 7) is 2.10. The molecule has 0 spiro atoms. The maximum absolute atomic E-state index is 13.3. The summed E-state index contributed by atoms with van der Waals surface area (Å²) in [5.74, 6) is -1.02. The number of benzene rings is 2. The van der Waals surface area contributed by atoms with Gasteiger partial charge in [-0.15, -0.1) is 0 Å². The van der Waals surface area contributed by atoms with Crippen molar-refractivity contribution in [3.05, 3.63) is 54.1 Å². The molecule has 1 amide bonds. The molecule has 168 valence electrons. The Kier molecular flexibility index (Phi) is 6.73. The van der Waals surface area contributed by atoms with Crippen LogP contribution in [0.1, 0.15) is 31.7 Å². The van der Waals surface area contributed by atoms with E-state index in [4.69, 9.17) is 9.94 Å². The zero-order valence-corrected chi connectivity index (χ0v) is 18.7. The number of rotatable bonds is 7. The summed E-state index contributed by atoms with van der Waals surface area (Å²) in [5, 5.41) is 9.12. The highest BCUT2D eigenvalue weighted by Crippen LogP contribution is 2.37. The van der Waals surface area contributed by atoms with Crippen molar-refractivity contribution in [3.8, 4) is 11.5 Å². The Bertz CT molecular complexity index is 1130. The Labute approximate surface area is 182 Å². The monoisotopic (exact) mass is 467 g/mol. The third-order valence-electron chi connectivity index (χ3n) is 5.50. The highest BCUT2D eigenvalue weighted by atomic mass is 32.2. The number of sulfone groups is 2. The number of carbonyl (C=O) groups is 1. The lowest BCUT2D eigenvalue weighted by Gasteiger charge is -2.34. The molecule has 0 saturated carbocycles. The molecule has 1 heterocycles. The lowest BCUT2D eigenvalue weighted by atomic mass is 10.0. The highest BCUT2D eigenvalue weighted by molar-refractivity contribution is 7.94. The zero-order valence-electron chi connectivity index (χ0n) is 17.1. The molecular formula is C21H25NO7S2. The molecule has 3 rings (SSSR count). The van der Waals surface area contributed by atoms with E-state index in [1.165, 1.54) is 35.3 Å². The van der Waals surface area contributed by atoms with Gasteiger partial charge in [-0.25, -0.2) is 22.3 Å². The van der Waals surface area contributed by atoms with E-state index >= 15 is 0 Å². The molecule has 1 saturated heterocycles. The summed E-state index contributed by atoms with van der Waals surface area (Å²) in [6, 6.07) is 13.2. The van der Waals surface area contributed by atoms with Crippen molar-refractivity contribution >= 4 is 25.6 Å². The van der Waals surface area contributed by atoms with Crippen LogP contribution in [0.5, 0.6) is 11.5 Å². The van der Waals surface area contributed by atoms with Crippen molar-refractivity contribution in [1.29, 1.82) is 0 Å². The fourth-order valence-electron chi connectivity index (χ4n) is 3.65. The van der Waals surface area contributed by atoms with Crippen LogP contribution in [-0.4, -0.2) is 44.2 Å². The maximum atomic E-state index is 13.3. The average molecular weight is 468 g/mol. The van der Waals surface area contributed by atoms with Crippen molar-refractivity contribution in [1.82, 2.24) is 5.48 Å². The maximum Gasteiger partial charge on any atom is 0.265 e. The minimum absolute atomic E-state index is 0.152.